The molecule has 4 N–H and O–H groups in total. The first kappa shape index (κ1) is 42.7. The standard InChI is InChI=1S/C34H42ClF5N4O7/c1-19(2)25(27(45)34(38,39)40)43-29(47)26(20-13-15-23(50-6)16-14-20)44-28(46)24(12-7-8-17-41-31(49)51-32(3,4)5)42-30(48)33(36,37)21-10-9-11-22(35)18-21/h9-11,13-16,18-19,24-26H,7-8,12,17H2,1-6H3,(H,41,49)(H,42,48)(H,43,47)(H,44,46). The molecule has 0 aliphatic rings. The number of unbranched alkanes of at least 4 members (excludes halogenated alkanes) is 1. The number of hydrogen-bond donors (Lipinski definition) is 4. The van der Waals surface area contributed by atoms with Gasteiger partial charge in [-0.3, -0.25) is 19.2 Å². The van der Waals surface area contributed by atoms with E-state index in [0.717, 1.165) is 12.1 Å². The third kappa shape index (κ3) is 13.3. The Morgan fingerprint density at radius 1 is 0.843 bits per heavy atom. The zero-order valence-electron chi connectivity index (χ0n) is 28.9. The second kappa shape index (κ2) is 18.1. The highest BCUT2D eigenvalue weighted by atomic mass is 35.5. The minimum absolute atomic E-state index is 0.0273. The average Bonchev–Trinajstić information content (AvgIpc) is 3.03. The van der Waals surface area contributed by atoms with Crippen LogP contribution in [0.3, 0.4) is 0 Å². The Balaban J connectivity index is 2.40. The lowest BCUT2D eigenvalue weighted by Crippen LogP contribution is -2.55. The lowest BCUT2D eigenvalue weighted by molar-refractivity contribution is -0.175. The molecular weight excluding hydrogens is 707 g/mol. The number of Topliss-reactive ketones (excluding diaryl/α,β-unsaturated/α-hetero) is 1. The van der Waals surface area contributed by atoms with Crippen LogP contribution >= 0.6 is 11.6 Å². The smallest absolute Gasteiger partial charge is 0.452 e. The van der Waals surface area contributed by atoms with Crippen LogP contribution in [0.4, 0.5) is 26.7 Å². The van der Waals surface area contributed by atoms with E-state index in [2.05, 4.69) is 10.6 Å². The van der Waals surface area contributed by atoms with E-state index >= 15 is 8.78 Å². The van der Waals surface area contributed by atoms with Crippen molar-refractivity contribution in [2.75, 3.05) is 13.7 Å². The number of rotatable bonds is 16. The second-order valence-electron chi connectivity index (χ2n) is 12.8. The quantitative estimate of drug-likeness (QED) is 0.126. The Labute approximate surface area is 297 Å². The van der Waals surface area contributed by atoms with Gasteiger partial charge in [-0.25, -0.2) is 4.79 Å². The Morgan fingerprint density at radius 3 is 2.00 bits per heavy atom. The van der Waals surface area contributed by atoms with E-state index in [1.54, 1.807) is 20.8 Å². The molecule has 2 aromatic carbocycles. The van der Waals surface area contributed by atoms with E-state index in [0.29, 0.717) is 5.75 Å². The second-order valence-corrected chi connectivity index (χ2v) is 13.3. The number of amides is 4. The van der Waals surface area contributed by atoms with E-state index in [1.165, 1.54) is 57.4 Å². The molecule has 11 nitrogen and oxygen atoms in total. The molecule has 2 rings (SSSR count). The molecule has 282 valence electrons. The molecule has 0 saturated carbocycles. The number of hydrogen-bond acceptors (Lipinski definition) is 7. The van der Waals surface area contributed by atoms with Crippen molar-refractivity contribution in [3.8, 4) is 5.75 Å². The third-order valence-electron chi connectivity index (χ3n) is 7.21. The van der Waals surface area contributed by atoms with E-state index in [4.69, 9.17) is 21.1 Å². The molecular formula is C34H42ClF5N4O7. The largest absolute Gasteiger partial charge is 0.497 e. The van der Waals surface area contributed by atoms with Crippen LogP contribution in [-0.2, 0) is 29.8 Å². The molecule has 0 fully saturated rings. The molecule has 0 bridgehead atoms. The molecule has 3 unspecified atom stereocenters. The third-order valence-corrected chi connectivity index (χ3v) is 7.44. The summed E-state index contributed by atoms with van der Waals surface area (Å²) < 4.78 is 80.9. The van der Waals surface area contributed by atoms with Crippen LogP contribution in [0, 0.1) is 5.92 Å². The van der Waals surface area contributed by atoms with Crippen LogP contribution in [0.5, 0.6) is 5.75 Å². The van der Waals surface area contributed by atoms with Crippen LogP contribution in [0.15, 0.2) is 48.5 Å². The summed E-state index contributed by atoms with van der Waals surface area (Å²) in [4.78, 5) is 64.3. The molecule has 2 aromatic rings. The van der Waals surface area contributed by atoms with Crippen molar-refractivity contribution < 1.29 is 55.4 Å². The van der Waals surface area contributed by atoms with Crippen LogP contribution in [0.1, 0.15) is 71.0 Å². The van der Waals surface area contributed by atoms with Crippen molar-refractivity contribution in [3.05, 3.63) is 64.7 Å². The zero-order chi connectivity index (χ0) is 38.7. The van der Waals surface area contributed by atoms with Gasteiger partial charge >= 0.3 is 18.2 Å². The van der Waals surface area contributed by atoms with Gasteiger partial charge in [-0.1, -0.05) is 49.7 Å². The Bertz CT molecular complexity index is 1530. The normalized spacial score (nSPS) is 13.7. The first-order chi connectivity index (χ1) is 23.6. The fourth-order valence-corrected chi connectivity index (χ4v) is 4.79. The topological polar surface area (TPSA) is 152 Å². The van der Waals surface area contributed by atoms with Gasteiger partial charge in [0, 0.05) is 17.1 Å². The highest BCUT2D eigenvalue weighted by molar-refractivity contribution is 6.30. The molecule has 17 heteroatoms. The number of nitrogens with one attached hydrogen (secondary N) is 4. The number of benzene rings is 2. The highest BCUT2D eigenvalue weighted by Crippen LogP contribution is 2.30. The minimum Gasteiger partial charge on any atom is -0.497 e. The Kier molecular flexibility index (Phi) is 15.2. The first-order valence-corrected chi connectivity index (χ1v) is 16.2. The lowest BCUT2D eigenvalue weighted by atomic mass is 9.97. The van der Waals surface area contributed by atoms with Gasteiger partial charge in [0.15, 0.2) is 0 Å². The van der Waals surface area contributed by atoms with Crippen molar-refractivity contribution in [2.45, 2.75) is 89.7 Å². The summed E-state index contributed by atoms with van der Waals surface area (Å²) in [5, 5.41) is 8.81. The van der Waals surface area contributed by atoms with Crippen molar-refractivity contribution in [1.82, 2.24) is 21.3 Å². The number of halogens is 6. The molecule has 0 aromatic heterocycles. The van der Waals surface area contributed by atoms with Crippen molar-refractivity contribution in [2.24, 2.45) is 5.92 Å². The molecule has 3 atom stereocenters. The summed E-state index contributed by atoms with van der Waals surface area (Å²) in [6, 6.07) is 4.28. The van der Waals surface area contributed by atoms with Gasteiger partial charge in [-0.2, -0.15) is 22.0 Å². The van der Waals surface area contributed by atoms with Gasteiger partial charge in [0.25, 0.3) is 11.7 Å². The lowest BCUT2D eigenvalue weighted by Gasteiger charge is -2.28. The van der Waals surface area contributed by atoms with Crippen LogP contribution in [-0.4, -0.2) is 67.1 Å². The van der Waals surface area contributed by atoms with Crippen LogP contribution in [0.25, 0.3) is 0 Å². The molecule has 0 aliphatic carbocycles. The number of ether oxygens (including phenoxy) is 2. The Morgan fingerprint density at radius 2 is 1.47 bits per heavy atom. The highest BCUT2D eigenvalue weighted by Gasteiger charge is 2.46. The molecule has 0 aliphatic heterocycles. The number of carbonyl (C=O) groups is 5. The fourth-order valence-electron chi connectivity index (χ4n) is 4.60. The van der Waals surface area contributed by atoms with Gasteiger partial charge in [-0.05, 0) is 75.8 Å². The molecule has 0 saturated heterocycles. The number of ketones is 1. The van der Waals surface area contributed by atoms with Gasteiger partial charge in [-0.15, -0.1) is 0 Å². The first-order valence-electron chi connectivity index (χ1n) is 15.8. The summed E-state index contributed by atoms with van der Waals surface area (Å²) in [6.45, 7) is 7.59. The number of methoxy groups -OCH3 is 1. The SMILES string of the molecule is COc1ccc(C(NC(=O)C(CCCCNC(=O)OC(C)(C)C)NC(=O)C(F)(F)c2cccc(Cl)c2)C(=O)NC(C(=O)C(F)(F)F)C(C)C)cc1. The van der Waals surface area contributed by atoms with E-state index in [-0.39, 0.29) is 36.4 Å². The maximum absolute atomic E-state index is 15.3. The molecule has 4 amide bonds. The van der Waals surface area contributed by atoms with Crippen molar-refractivity contribution in [1.29, 1.82) is 0 Å². The maximum atomic E-state index is 15.3. The fraction of sp³-hybridized carbons (Fsp3) is 0.500. The number of alkyl halides is 5. The van der Waals surface area contributed by atoms with Gasteiger partial charge in [0.1, 0.15) is 23.4 Å². The number of carbonyl (C=O) groups excluding carboxylic acids is 5. The molecule has 0 radical (unpaired) electrons. The predicted molar refractivity (Wildman–Crippen MR) is 177 cm³/mol. The van der Waals surface area contributed by atoms with Crippen molar-refractivity contribution in [3.63, 3.8) is 0 Å². The van der Waals surface area contributed by atoms with Crippen LogP contribution in [0.2, 0.25) is 5.02 Å². The predicted octanol–water partition coefficient (Wildman–Crippen LogP) is 5.75. The van der Waals surface area contributed by atoms with Gasteiger partial charge in [0.2, 0.25) is 11.8 Å². The zero-order valence-corrected chi connectivity index (χ0v) is 29.6. The summed E-state index contributed by atoms with van der Waals surface area (Å²) in [6.07, 6.45) is -6.02. The monoisotopic (exact) mass is 748 g/mol. The van der Waals surface area contributed by atoms with Crippen molar-refractivity contribution >= 4 is 41.2 Å². The average molecular weight is 749 g/mol. The van der Waals surface area contributed by atoms with Gasteiger partial charge in [0.05, 0.1) is 13.2 Å². The molecule has 0 heterocycles. The Hall–Kier alpha value is -4.47. The summed E-state index contributed by atoms with van der Waals surface area (Å²) in [7, 11) is 1.35. The van der Waals surface area contributed by atoms with Crippen LogP contribution < -0.4 is 26.0 Å². The van der Waals surface area contributed by atoms with E-state index in [1.807, 2.05) is 10.6 Å². The van der Waals surface area contributed by atoms with E-state index in [9.17, 15) is 37.1 Å². The summed E-state index contributed by atoms with van der Waals surface area (Å²) >= 11 is 5.83. The summed E-state index contributed by atoms with van der Waals surface area (Å²) in [5.41, 5.74) is -1.51. The molecule has 0 spiro atoms. The maximum Gasteiger partial charge on any atom is 0.452 e. The molecule has 51 heavy (non-hydrogen) atoms. The minimum atomic E-state index is -5.29. The van der Waals surface area contributed by atoms with E-state index < -0.39 is 76.9 Å². The number of alkyl carbamates (subject to hydrolysis) is 1. The summed E-state index contributed by atoms with van der Waals surface area (Å²) in [5.74, 6) is -11.3. The van der Waals surface area contributed by atoms with Gasteiger partial charge < -0.3 is 30.7 Å².